The summed E-state index contributed by atoms with van der Waals surface area (Å²) in [6.07, 6.45) is 0.869. The monoisotopic (exact) mass is 263 g/mol. The topological polar surface area (TPSA) is 70.2 Å². The Balaban J connectivity index is 2.42. The van der Waals surface area contributed by atoms with E-state index in [0.29, 0.717) is 12.2 Å². The van der Waals surface area contributed by atoms with Crippen LogP contribution in [0.2, 0.25) is 0 Å². The van der Waals surface area contributed by atoms with E-state index in [1.165, 1.54) is 0 Å². The van der Waals surface area contributed by atoms with E-state index in [0.717, 1.165) is 12.0 Å². The lowest BCUT2D eigenvalue weighted by molar-refractivity contribution is -0.122. The Morgan fingerprint density at radius 3 is 2.42 bits per heavy atom. The number of hydrogen-bond acceptors (Lipinski definition) is 2. The molecule has 0 aromatic heterocycles. The second kappa shape index (κ2) is 7.41. The molecular weight excluding hydrogens is 242 g/mol. The average Bonchev–Trinajstić information content (AvgIpc) is 2.38. The molecule has 1 atom stereocenters. The molecule has 0 unspecified atom stereocenters. The van der Waals surface area contributed by atoms with Crippen molar-refractivity contribution in [1.82, 2.24) is 10.6 Å². The van der Waals surface area contributed by atoms with Gasteiger partial charge in [-0.3, -0.25) is 4.79 Å². The van der Waals surface area contributed by atoms with Crippen LogP contribution >= 0.6 is 0 Å². The summed E-state index contributed by atoms with van der Waals surface area (Å²) in [4.78, 5) is 23.3. The molecule has 0 saturated carbocycles. The molecule has 5 nitrogen and oxygen atoms in total. The Labute approximate surface area is 113 Å². The fourth-order valence-electron chi connectivity index (χ4n) is 1.47. The van der Waals surface area contributed by atoms with Crippen LogP contribution in [-0.4, -0.2) is 24.5 Å². The quantitative estimate of drug-likeness (QED) is 0.760. The maximum absolute atomic E-state index is 11.7. The maximum Gasteiger partial charge on any atom is 0.319 e. The lowest BCUT2D eigenvalue weighted by Crippen LogP contribution is -2.46. The van der Waals surface area contributed by atoms with Gasteiger partial charge in [0.25, 0.3) is 0 Å². The number of carbonyl (C=O) groups excluding carboxylic acids is 2. The lowest BCUT2D eigenvalue weighted by Gasteiger charge is -2.14. The molecule has 104 valence electrons. The summed E-state index contributed by atoms with van der Waals surface area (Å²) in [5.41, 5.74) is 1.82. The van der Waals surface area contributed by atoms with Crippen LogP contribution in [0.25, 0.3) is 0 Å². The first-order valence-electron chi connectivity index (χ1n) is 6.44. The summed E-state index contributed by atoms with van der Waals surface area (Å²) in [6.45, 7) is 6.22. The number of anilines is 1. The van der Waals surface area contributed by atoms with Crippen LogP contribution in [0.4, 0.5) is 10.5 Å². The molecule has 5 heteroatoms. The van der Waals surface area contributed by atoms with Gasteiger partial charge in [-0.2, -0.15) is 0 Å². The number of aryl methyl sites for hydroxylation is 1. The number of carbonyl (C=O) groups is 2. The standard InChI is InChI=1S/C14H21N3O2/c1-4-9-15-13(18)11(3)16-14(19)17-12-7-5-10(2)6-8-12/h5-8,11H,4,9H2,1-3H3,(H,15,18)(H2,16,17,19)/t11-/m1/s1. The number of amides is 3. The van der Waals surface area contributed by atoms with E-state index in [1.54, 1.807) is 6.92 Å². The Hall–Kier alpha value is -2.04. The average molecular weight is 263 g/mol. The number of rotatable bonds is 5. The first-order valence-corrected chi connectivity index (χ1v) is 6.44. The van der Waals surface area contributed by atoms with Gasteiger partial charge in [0, 0.05) is 12.2 Å². The fourth-order valence-corrected chi connectivity index (χ4v) is 1.47. The van der Waals surface area contributed by atoms with Gasteiger partial charge in [-0.25, -0.2) is 4.79 Å². The minimum absolute atomic E-state index is 0.180. The van der Waals surface area contributed by atoms with Crippen LogP contribution in [0.15, 0.2) is 24.3 Å². The Bertz CT molecular complexity index is 429. The van der Waals surface area contributed by atoms with Gasteiger partial charge in [0.1, 0.15) is 6.04 Å². The number of benzene rings is 1. The van der Waals surface area contributed by atoms with Crippen molar-refractivity contribution in [2.45, 2.75) is 33.2 Å². The highest BCUT2D eigenvalue weighted by molar-refractivity contribution is 5.93. The molecule has 0 aliphatic carbocycles. The van der Waals surface area contributed by atoms with Crippen molar-refractivity contribution in [1.29, 1.82) is 0 Å². The highest BCUT2D eigenvalue weighted by Gasteiger charge is 2.14. The van der Waals surface area contributed by atoms with Crippen LogP contribution in [0.1, 0.15) is 25.8 Å². The number of hydrogen-bond donors (Lipinski definition) is 3. The zero-order valence-corrected chi connectivity index (χ0v) is 11.6. The lowest BCUT2D eigenvalue weighted by atomic mass is 10.2. The molecule has 0 radical (unpaired) electrons. The Morgan fingerprint density at radius 2 is 1.84 bits per heavy atom. The predicted molar refractivity (Wildman–Crippen MR) is 76.1 cm³/mol. The van der Waals surface area contributed by atoms with E-state index in [9.17, 15) is 9.59 Å². The van der Waals surface area contributed by atoms with E-state index < -0.39 is 6.04 Å². The molecule has 0 fully saturated rings. The van der Waals surface area contributed by atoms with Crippen LogP contribution in [-0.2, 0) is 4.79 Å². The number of urea groups is 1. The predicted octanol–water partition coefficient (Wildman–Crippen LogP) is 2.03. The van der Waals surface area contributed by atoms with Crippen molar-refractivity contribution < 1.29 is 9.59 Å². The molecule has 0 heterocycles. The zero-order chi connectivity index (χ0) is 14.3. The van der Waals surface area contributed by atoms with Gasteiger partial charge in [-0.05, 0) is 32.4 Å². The van der Waals surface area contributed by atoms with Crippen molar-refractivity contribution in [3.05, 3.63) is 29.8 Å². The Morgan fingerprint density at radius 1 is 1.21 bits per heavy atom. The molecule has 0 saturated heterocycles. The second-order valence-corrected chi connectivity index (χ2v) is 4.48. The molecule has 1 aromatic rings. The summed E-state index contributed by atoms with van der Waals surface area (Å²) in [5, 5.41) is 8.00. The van der Waals surface area contributed by atoms with Gasteiger partial charge in [0.05, 0.1) is 0 Å². The molecular formula is C14H21N3O2. The first kappa shape index (κ1) is 15.0. The minimum atomic E-state index is -0.558. The van der Waals surface area contributed by atoms with Gasteiger partial charge in [-0.1, -0.05) is 24.6 Å². The van der Waals surface area contributed by atoms with Crippen LogP contribution in [0, 0.1) is 6.92 Å². The largest absolute Gasteiger partial charge is 0.354 e. The van der Waals surface area contributed by atoms with Crippen molar-refractivity contribution in [3.8, 4) is 0 Å². The van der Waals surface area contributed by atoms with Gasteiger partial charge in [0.15, 0.2) is 0 Å². The van der Waals surface area contributed by atoms with Gasteiger partial charge in [-0.15, -0.1) is 0 Å². The molecule has 1 rings (SSSR count). The molecule has 0 aliphatic rings. The summed E-state index contributed by atoms with van der Waals surface area (Å²) in [6, 6.07) is 6.51. The first-order chi connectivity index (χ1) is 9.02. The maximum atomic E-state index is 11.7. The fraction of sp³-hybridized carbons (Fsp3) is 0.429. The molecule has 0 spiro atoms. The van der Waals surface area contributed by atoms with E-state index >= 15 is 0 Å². The van der Waals surface area contributed by atoms with Crippen molar-refractivity contribution in [2.75, 3.05) is 11.9 Å². The van der Waals surface area contributed by atoms with E-state index in [-0.39, 0.29) is 11.9 Å². The number of nitrogens with one attached hydrogen (secondary N) is 3. The molecule has 19 heavy (non-hydrogen) atoms. The summed E-state index contributed by atoms with van der Waals surface area (Å²) >= 11 is 0. The molecule has 3 N–H and O–H groups in total. The summed E-state index contributed by atoms with van der Waals surface area (Å²) in [5.74, 6) is -0.180. The van der Waals surface area contributed by atoms with Crippen LogP contribution in [0.3, 0.4) is 0 Å². The summed E-state index contributed by atoms with van der Waals surface area (Å²) in [7, 11) is 0. The minimum Gasteiger partial charge on any atom is -0.354 e. The van der Waals surface area contributed by atoms with Crippen molar-refractivity contribution >= 4 is 17.6 Å². The highest BCUT2D eigenvalue weighted by atomic mass is 16.2. The van der Waals surface area contributed by atoms with E-state index in [4.69, 9.17) is 0 Å². The Kier molecular flexibility index (Phi) is 5.85. The SMILES string of the molecule is CCCNC(=O)[C@@H](C)NC(=O)Nc1ccc(C)cc1. The summed E-state index contributed by atoms with van der Waals surface area (Å²) < 4.78 is 0. The smallest absolute Gasteiger partial charge is 0.319 e. The third-order valence-corrected chi connectivity index (χ3v) is 2.60. The third kappa shape index (κ3) is 5.42. The molecule has 1 aromatic carbocycles. The zero-order valence-electron chi connectivity index (χ0n) is 11.6. The highest BCUT2D eigenvalue weighted by Crippen LogP contribution is 2.08. The van der Waals surface area contributed by atoms with Crippen molar-refractivity contribution in [2.24, 2.45) is 0 Å². The van der Waals surface area contributed by atoms with E-state index in [1.807, 2.05) is 38.1 Å². The van der Waals surface area contributed by atoms with Crippen LogP contribution in [0.5, 0.6) is 0 Å². The third-order valence-electron chi connectivity index (χ3n) is 2.60. The van der Waals surface area contributed by atoms with Crippen LogP contribution < -0.4 is 16.0 Å². The molecule has 3 amide bonds. The van der Waals surface area contributed by atoms with Crippen molar-refractivity contribution in [3.63, 3.8) is 0 Å². The second-order valence-electron chi connectivity index (χ2n) is 4.48. The normalized spacial score (nSPS) is 11.5. The molecule has 0 aliphatic heterocycles. The van der Waals surface area contributed by atoms with Gasteiger partial charge in [0.2, 0.25) is 5.91 Å². The van der Waals surface area contributed by atoms with Gasteiger partial charge < -0.3 is 16.0 Å². The van der Waals surface area contributed by atoms with E-state index in [2.05, 4.69) is 16.0 Å². The molecule has 0 bridgehead atoms. The van der Waals surface area contributed by atoms with Gasteiger partial charge >= 0.3 is 6.03 Å².